The summed E-state index contributed by atoms with van der Waals surface area (Å²) in [4.78, 5) is 25.4. The Kier molecular flexibility index (Phi) is 3.06. The van der Waals surface area contributed by atoms with E-state index in [0.29, 0.717) is 22.3 Å². The summed E-state index contributed by atoms with van der Waals surface area (Å²) in [5, 5.41) is 8.24. The Bertz CT molecular complexity index is 1060. The van der Waals surface area contributed by atoms with E-state index in [2.05, 4.69) is 0 Å². The van der Waals surface area contributed by atoms with E-state index in [-0.39, 0.29) is 17.1 Å². The molecular formula is C20H14N2O2. The zero-order chi connectivity index (χ0) is 16.8. The number of pyridine rings is 1. The number of benzene rings is 2. The van der Waals surface area contributed by atoms with Crippen LogP contribution in [0.1, 0.15) is 37.4 Å². The summed E-state index contributed by atoms with van der Waals surface area (Å²) in [5.74, 6) is -0.384. The van der Waals surface area contributed by atoms with Crippen LogP contribution in [0.3, 0.4) is 0 Å². The first-order valence-corrected chi connectivity index (χ1v) is 7.63. The number of nitrogens with zero attached hydrogens (tertiary/aromatic N) is 1. The van der Waals surface area contributed by atoms with E-state index in [1.54, 1.807) is 35.0 Å². The van der Waals surface area contributed by atoms with Crippen LogP contribution in [0.2, 0.25) is 0 Å². The van der Waals surface area contributed by atoms with Crippen molar-refractivity contribution in [2.24, 2.45) is 0 Å². The number of aryl methyl sites for hydroxylation is 1. The Morgan fingerprint density at radius 2 is 1.38 bits per heavy atom. The average molecular weight is 314 g/mol. The number of carbonyl (C=O) groups excluding carboxylic acids is 2. The van der Waals surface area contributed by atoms with Gasteiger partial charge in [-0.15, -0.1) is 0 Å². The minimum absolute atomic E-state index is 0.165. The van der Waals surface area contributed by atoms with Gasteiger partial charge in [-0.3, -0.25) is 15.0 Å². The monoisotopic (exact) mass is 314 g/mol. The van der Waals surface area contributed by atoms with Crippen molar-refractivity contribution >= 4 is 11.6 Å². The summed E-state index contributed by atoms with van der Waals surface area (Å²) < 4.78 is 1.62. The van der Waals surface area contributed by atoms with Crippen molar-refractivity contribution in [3.05, 3.63) is 94.1 Å². The van der Waals surface area contributed by atoms with Crippen LogP contribution in [0, 0.1) is 12.3 Å². The molecule has 4 nitrogen and oxygen atoms in total. The molecule has 1 aliphatic rings. The van der Waals surface area contributed by atoms with Gasteiger partial charge in [-0.25, -0.2) is 0 Å². The minimum Gasteiger partial charge on any atom is -0.302 e. The maximum Gasteiger partial charge on any atom is 0.196 e. The molecule has 0 radical (unpaired) electrons. The summed E-state index contributed by atoms with van der Waals surface area (Å²) in [5.41, 5.74) is 3.53. The molecule has 1 N–H and O–H groups in total. The topological polar surface area (TPSA) is 62.9 Å². The smallest absolute Gasteiger partial charge is 0.196 e. The van der Waals surface area contributed by atoms with Gasteiger partial charge in [0.15, 0.2) is 11.6 Å². The summed E-state index contributed by atoms with van der Waals surface area (Å²) in [6.45, 7) is 1.99. The highest BCUT2D eigenvalue weighted by Gasteiger charge is 2.30. The molecule has 1 aliphatic carbocycles. The Labute approximate surface area is 138 Å². The third-order valence-corrected chi connectivity index (χ3v) is 4.31. The lowest BCUT2D eigenvalue weighted by molar-refractivity contribution is 0.0978. The number of aromatic nitrogens is 1. The number of hydrogen-bond donors (Lipinski definition) is 1. The number of carbonyl (C=O) groups is 2. The maximum atomic E-state index is 12.8. The Morgan fingerprint density at radius 1 is 0.792 bits per heavy atom. The summed E-state index contributed by atoms with van der Waals surface area (Å²) in [6.07, 6.45) is 1.60. The highest BCUT2D eigenvalue weighted by Crippen LogP contribution is 2.26. The molecule has 0 atom stereocenters. The number of ketones is 2. The van der Waals surface area contributed by atoms with Crippen LogP contribution in [0.5, 0.6) is 0 Å². The second-order valence-electron chi connectivity index (χ2n) is 5.90. The molecule has 24 heavy (non-hydrogen) atoms. The quantitative estimate of drug-likeness (QED) is 0.587. The van der Waals surface area contributed by atoms with Crippen LogP contribution >= 0.6 is 0 Å². The molecule has 1 aromatic heterocycles. The highest BCUT2D eigenvalue weighted by atomic mass is 16.1. The van der Waals surface area contributed by atoms with Crippen LogP contribution in [0.4, 0.5) is 0 Å². The van der Waals surface area contributed by atoms with Crippen molar-refractivity contribution < 1.29 is 9.59 Å². The predicted molar refractivity (Wildman–Crippen MR) is 89.7 cm³/mol. The molecule has 2 aromatic carbocycles. The summed E-state index contributed by atoms with van der Waals surface area (Å²) in [7, 11) is 0. The summed E-state index contributed by atoms with van der Waals surface area (Å²) in [6, 6.07) is 16.0. The first-order valence-electron chi connectivity index (χ1n) is 7.63. The molecule has 0 amide bonds. The van der Waals surface area contributed by atoms with Crippen LogP contribution < -0.4 is 5.49 Å². The van der Waals surface area contributed by atoms with Gasteiger partial charge in [0, 0.05) is 28.6 Å². The van der Waals surface area contributed by atoms with Gasteiger partial charge in [0.2, 0.25) is 0 Å². The fourth-order valence-electron chi connectivity index (χ4n) is 3.01. The number of rotatable bonds is 1. The normalized spacial score (nSPS) is 12.7. The molecule has 116 valence electrons. The van der Waals surface area contributed by atoms with Gasteiger partial charge in [0.25, 0.3) is 0 Å². The van der Waals surface area contributed by atoms with Crippen molar-refractivity contribution in [3.8, 4) is 5.69 Å². The van der Waals surface area contributed by atoms with Gasteiger partial charge in [-0.2, -0.15) is 0 Å². The molecule has 0 unspecified atom stereocenters. The minimum atomic E-state index is -0.204. The van der Waals surface area contributed by atoms with E-state index < -0.39 is 0 Å². The van der Waals surface area contributed by atoms with E-state index in [1.807, 2.05) is 31.2 Å². The summed E-state index contributed by atoms with van der Waals surface area (Å²) >= 11 is 0. The largest absolute Gasteiger partial charge is 0.302 e. The number of fused-ring (bicyclic) bond motifs is 2. The van der Waals surface area contributed by atoms with Crippen molar-refractivity contribution in [2.45, 2.75) is 6.92 Å². The Morgan fingerprint density at radius 3 is 2.00 bits per heavy atom. The predicted octanol–water partition coefficient (Wildman–Crippen LogP) is 3.04. The van der Waals surface area contributed by atoms with Crippen LogP contribution in [-0.2, 0) is 0 Å². The molecule has 0 bridgehead atoms. The van der Waals surface area contributed by atoms with Crippen molar-refractivity contribution in [2.75, 3.05) is 0 Å². The highest BCUT2D eigenvalue weighted by molar-refractivity contribution is 6.28. The fourth-order valence-corrected chi connectivity index (χ4v) is 3.01. The second kappa shape index (κ2) is 5.13. The Balaban J connectivity index is 1.95. The number of nitrogens with one attached hydrogen (secondary N) is 1. The van der Waals surface area contributed by atoms with Gasteiger partial charge in [0.05, 0.1) is 5.56 Å². The average Bonchev–Trinajstić information content (AvgIpc) is 2.60. The molecule has 1 heterocycles. The van der Waals surface area contributed by atoms with Gasteiger partial charge < -0.3 is 4.57 Å². The third kappa shape index (κ3) is 2.04. The first-order chi connectivity index (χ1) is 11.6. The zero-order valence-corrected chi connectivity index (χ0v) is 13.0. The molecule has 0 aliphatic heterocycles. The molecule has 0 saturated heterocycles. The van der Waals surface area contributed by atoms with Crippen LogP contribution in [0.15, 0.2) is 60.8 Å². The van der Waals surface area contributed by atoms with Gasteiger partial charge in [0.1, 0.15) is 5.49 Å². The molecule has 0 spiro atoms. The van der Waals surface area contributed by atoms with Crippen LogP contribution in [0.25, 0.3) is 5.69 Å². The van der Waals surface area contributed by atoms with Gasteiger partial charge >= 0.3 is 0 Å². The second-order valence-corrected chi connectivity index (χ2v) is 5.90. The number of hydrogen-bond acceptors (Lipinski definition) is 3. The molecule has 4 rings (SSSR count). The van der Waals surface area contributed by atoms with E-state index >= 15 is 0 Å². The first kappa shape index (κ1) is 14.3. The lowest BCUT2D eigenvalue weighted by Crippen LogP contribution is -2.27. The molecule has 0 saturated carbocycles. The molecule has 0 fully saturated rings. The molecule has 4 heteroatoms. The van der Waals surface area contributed by atoms with E-state index in [0.717, 1.165) is 11.3 Å². The molecular weight excluding hydrogens is 300 g/mol. The van der Waals surface area contributed by atoms with Crippen LogP contribution in [-0.4, -0.2) is 16.1 Å². The zero-order valence-electron chi connectivity index (χ0n) is 13.0. The van der Waals surface area contributed by atoms with Crippen molar-refractivity contribution in [1.82, 2.24) is 4.57 Å². The lowest BCUT2D eigenvalue weighted by Gasteiger charge is -2.19. The van der Waals surface area contributed by atoms with Crippen molar-refractivity contribution in [1.29, 1.82) is 5.41 Å². The SMILES string of the molecule is Cc1ccc(-n2cc3c(cc2=N)C(=O)c2ccccc2C3=O)cc1. The fraction of sp³-hybridized carbons (Fsp3) is 0.0500. The maximum absolute atomic E-state index is 12.8. The standard InChI is InChI=1S/C20H14N2O2/c1-12-6-8-13(9-7-12)22-11-17-16(10-18(22)21)19(23)14-4-2-3-5-15(14)20(17)24/h2-11,21H,1H3. The van der Waals surface area contributed by atoms with Gasteiger partial charge in [-0.05, 0) is 25.1 Å². The Hall–Kier alpha value is -3.27. The van der Waals surface area contributed by atoms with E-state index in [1.165, 1.54) is 6.07 Å². The molecule has 3 aromatic rings. The third-order valence-electron chi connectivity index (χ3n) is 4.31. The van der Waals surface area contributed by atoms with E-state index in [4.69, 9.17) is 5.41 Å². The van der Waals surface area contributed by atoms with E-state index in [9.17, 15) is 9.59 Å². The lowest BCUT2D eigenvalue weighted by atomic mass is 9.85. The van der Waals surface area contributed by atoms with Gasteiger partial charge in [-0.1, -0.05) is 42.0 Å². The van der Waals surface area contributed by atoms with Crippen molar-refractivity contribution in [3.63, 3.8) is 0 Å².